The fraction of sp³-hybridized carbons (Fsp3) is 0.650. The third-order valence-corrected chi connectivity index (χ3v) is 8.19. The largest absolute Gasteiger partial charge is 0.337 e. The highest BCUT2D eigenvalue weighted by Gasteiger charge is 2.35. The van der Waals surface area contributed by atoms with Crippen molar-refractivity contribution >= 4 is 15.9 Å². The zero-order valence-electron chi connectivity index (χ0n) is 16.0. The predicted octanol–water partition coefficient (Wildman–Crippen LogP) is 1.40. The summed E-state index contributed by atoms with van der Waals surface area (Å²) in [5, 5.41) is 3.30. The summed E-state index contributed by atoms with van der Waals surface area (Å²) in [5.41, 5.74) is 2.46. The molecule has 0 saturated carbocycles. The van der Waals surface area contributed by atoms with E-state index in [1.54, 1.807) is 10.4 Å². The van der Waals surface area contributed by atoms with Gasteiger partial charge in [-0.15, -0.1) is 0 Å². The molecular formula is C20H29N3O3S. The summed E-state index contributed by atoms with van der Waals surface area (Å²) < 4.78 is 27.6. The lowest BCUT2D eigenvalue weighted by Gasteiger charge is -2.38. The Morgan fingerprint density at radius 3 is 2.59 bits per heavy atom. The van der Waals surface area contributed by atoms with Gasteiger partial charge in [-0.3, -0.25) is 4.79 Å². The number of carbonyl (C=O) groups is 1. The Kier molecular flexibility index (Phi) is 5.27. The molecule has 1 aromatic carbocycles. The number of nitrogens with zero attached hydrogens (tertiary/aromatic N) is 2. The molecule has 2 saturated heterocycles. The van der Waals surface area contributed by atoms with Gasteiger partial charge in [0.2, 0.25) is 15.9 Å². The number of amides is 1. The van der Waals surface area contributed by atoms with Crippen LogP contribution in [0.4, 0.5) is 0 Å². The molecule has 2 aliphatic heterocycles. The lowest BCUT2D eigenvalue weighted by molar-refractivity contribution is -0.139. The Hall–Kier alpha value is -1.44. The van der Waals surface area contributed by atoms with Crippen LogP contribution in [0, 0.1) is 5.92 Å². The van der Waals surface area contributed by atoms with Gasteiger partial charge in [0.1, 0.15) is 0 Å². The SMILES string of the molecule is CC1CNCCN1C(=O)C1CCN(S(=O)(=O)c2ccc3c(c2)CCC3)CC1. The number of carbonyl (C=O) groups excluding carboxylic acids is 1. The molecule has 6 nitrogen and oxygen atoms in total. The van der Waals surface area contributed by atoms with E-state index in [1.807, 2.05) is 17.0 Å². The number of aryl methyl sites for hydroxylation is 2. The molecule has 27 heavy (non-hydrogen) atoms. The van der Waals surface area contributed by atoms with Crippen LogP contribution in [0.5, 0.6) is 0 Å². The molecule has 0 spiro atoms. The van der Waals surface area contributed by atoms with Gasteiger partial charge in [0.05, 0.1) is 4.90 Å². The van der Waals surface area contributed by atoms with Gasteiger partial charge in [-0.05, 0) is 62.3 Å². The molecule has 7 heteroatoms. The molecule has 2 fully saturated rings. The Morgan fingerprint density at radius 2 is 1.85 bits per heavy atom. The minimum Gasteiger partial charge on any atom is -0.337 e. The highest BCUT2D eigenvalue weighted by atomic mass is 32.2. The van der Waals surface area contributed by atoms with Crippen molar-refractivity contribution in [3.8, 4) is 0 Å². The van der Waals surface area contributed by atoms with E-state index in [9.17, 15) is 13.2 Å². The topological polar surface area (TPSA) is 69.7 Å². The summed E-state index contributed by atoms with van der Waals surface area (Å²) in [6, 6.07) is 5.78. The van der Waals surface area contributed by atoms with Crippen LogP contribution >= 0.6 is 0 Å². The molecule has 2 heterocycles. The number of piperazine rings is 1. The van der Waals surface area contributed by atoms with Crippen LogP contribution in [0.25, 0.3) is 0 Å². The van der Waals surface area contributed by atoms with Gasteiger partial charge in [-0.2, -0.15) is 4.31 Å². The van der Waals surface area contributed by atoms with Gasteiger partial charge < -0.3 is 10.2 Å². The fourth-order valence-corrected chi connectivity index (χ4v) is 6.12. The maximum atomic E-state index is 13.0. The highest BCUT2D eigenvalue weighted by molar-refractivity contribution is 7.89. The highest BCUT2D eigenvalue weighted by Crippen LogP contribution is 2.29. The van der Waals surface area contributed by atoms with Gasteiger partial charge in [0.25, 0.3) is 0 Å². The number of hydrogen-bond donors (Lipinski definition) is 1. The quantitative estimate of drug-likeness (QED) is 0.846. The van der Waals surface area contributed by atoms with E-state index in [0.29, 0.717) is 30.8 Å². The van der Waals surface area contributed by atoms with E-state index in [4.69, 9.17) is 0 Å². The van der Waals surface area contributed by atoms with Crippen molar-refractivity contribution in [1.29, 1.82) is 0 Å². The van der Waals surface area contributed by atoms with Gasteiger partial charge in [-0.1, -0.05) is 6.07 Å². The summed E-state index contributed by atoms with van der Waals surface area (Å²) in [7, 11) is -3.47. The van der Waals surface area contributed by atoms with Crippen molar-refractivity contribution in [3.63, 3.8) is 0 Å². The van der Waals surface area contributed by atoms with Gasteiger partial charge in [0, 0.05) is 44.7 Å². The van der Waals surface area contributed by atoms with E-state index < -0.39 is 10.0 Å². The van der Waals surface area contributed by atoms with Crippen molar-refractivity contribution in [2.24, 2.45) is 5.92 Å². The van der Waals surface area contributed by atoms with Gasteiger partial charge >= 0.3 is 0 Å². The van der Waals surface area contributed by atoms with Crippen LogP contribution in [0.15, 0.2) is 23.1 Å². The van der Waals surface area contributed by atoms with Crippen molar-refractivity contribution in [2.45, 2.75) is 50.0 Å². The van der Waals surface area contributed by atoms with Crippen molar-refractivity contribution in [3.05, 3.63) is 29.3 Å². The second-order valence-electron chi connectivity index (χ2n) is 8.05. The third kappa shape index (κ3) is 3.65. The molecule has 3 aliphatic rings. The molecule has 1 aliphatic carbocycles. The summed E-state index contributed by atoms with van der Waals surface area (Å²) in [4.78, 5) is 15.2. The number of rotatable bonds is 3. The monoisotopic (exact) mass is 391 g/mol. The summed E-state index contributed by atoms with van der Waals surface area (Å²) in [5.74, 6) is 0.135. The van der Waals surface area contributed by atoms with Gasteiger partial charge in [-0.25, -0.2) is 8.42 Å². The number of hydrogen-bond acceptors (Lipinski definition) is 4. The van der Waals surface area contributed by atoms with E-state index in [1.165, 1.54) is 11.1 Å². The van der Waals surface area contributed by atoms with Crippen LogP contribution in [0.1, 0.15) is 37.3 Å². The minimum atomic E-state index is -3.47. The van der Waals surface area contributed by atoms with E-state index in [-0.39, 0.29) is 17.9 Å². The molecule has 1 amide bonds. The number of nitrogens with one attached hydrogen (secondary N) is 1. The zero-order valence-corrected chi connectivity index (χ0v) is 16.8. The number of sulfonamides is 1. The average Bonchev–Trinajstić information content (AvgIpc) is 3.16. The van der Waals surface area contributed by atoms with Crippen LogP contribution < -0.4 is 5.32 Å². The first kappa shape index (κ1) is 18.9. The van der Waals surface area contributed by atoms with Crippen LogP contribution in [0.2, 0.25) is 0 Å². The Balaban J connectivity index is 1.42. The minimum absolute atomic E-state index is 0.0583. The second kappa shape index (κ2) is 7.53. The summed E-state index contributed by atoms with van der Waals surface area (Å²) >= 11 is 0. The smallest absolute Gasteiger partial charge is 0.243 e. The second-order valence-corrected chi connectivity index (χ2v) is 9.99. The number of benzene rings is 1. The maximum Gasteiger partial charge on any atom is 0.243 e. The number of fused-ring (bicyclic) bond motifs is 1. The molecule has 4 rings (SSSR count). The lowest BCUT2D eigenvalue weighted by Crippen LogP contribution is -2.55. The van der Waals surface area contributed by atoms with E-state index in [2.05, 4.69) is 12.2 Å². The van der Waals surface area contributed by atoms with Crippen molar-refractivity contribution < 1.29 is 13.2 Å². The average molecular weight is 392 g/mol. The maximum absolute atomic E-state index is 13.0. The zero-order chi connectivity index (χ0) is 19.0. The Labute approximate surface area is 162 Å². The first-order valence-corrected chi connectivity index (χ1v) is 11.5. The van der Waals surface area contributed by atoms with E-state index >= 15 is 0 Å². The third-order valence-electron chi connectivity index (χ3n) is 6.30. The molecule has 0 bridgehead atoms. The van der Waals surface area contributed by atoms with E-state index in [0.717, 1.165) is 38.9 Å². The molecule has 1 N–H and O–H groups in total. The first-order valence-electron chi connectivity index (χ1n) is 10.1. The van der Waals surface area contributed by atoms with Gasteiger partial charge in [0.15, 0.2) is 0 Å². The molecule has 1 atom stereocenters. The van der Waals surface area contributed by atoms with Crippen LogP contribution in [-0.2, 0) is 27.7 Å². The Bertz CT molecular complexity index is 816. The molecule has 0 radical (unpaired) electrons. The van der Waals surface area contributed by atoms with Crippen LogP contribution in [-0.4, -0.2) is 62.3 Å². The lowest BCUT2D eigenvalue weighted by atomic mass is 9.95. The standard InChI is InChI=1S/C20H29N3O3S/c1-15-14-21-9-12-23(15)20(24)17-7-10-22(11-8-17)27(25,26)19-6-5-16-3-2-4-18(16)13-19/h5-6,13,15,17,21H,2-4,7-12,14H2,1H3. The summed E-state index contributed by atoms with van der Waals surface area (Å²) in [6.07, 6.45) is 4.35. The molecule has 1 aromatic rings. The van der Waals surface area contributed by atoms with Crippen molar-refractivity contribution in [2.75, 3.05) is 32.7 Å². The van der Waals surface area contributed by atoms with Crippen molar-refractivity contribution in [1.82, 2.24) is 14.5 Å². The molecular weight excluding hydrogens is 362 g/mol. The fourth-order valence-electron chi connectivity index (χ4n) is 4.60. The molecule has 148 valence electrons. The predicted molar refractivity (Wildman–Crippen MR) is 104 cm³/mol. The molecule has 0 aromatic heterocycles. The summed E-state index contributed by atoms with van der Waals surface area (Å²) in [6.45, 7) is 5.33. The first-order chi connectivity index (χ1) is 13.0. The number of piperidine rings is 1. The molecule has 1 unspecified atom stereocenters. The normalized spacial score (nSPS) is 24.8. The Morgan fingerprint density at radius 1 is 1.11 bits per heavy atom. The van der Waals surface area contributed by atoms with Crippen LogP contribution in [0.3, 0.4) is 0 Å².